The molecule has 1 heterocycles. The molecule has 0 spiro atoms. The molecule has 1 aromatic heterocycles. The van der Waals surface area contributed by atoms with Crippen molar-refractivity contribution in [3.05, 3.63) is 48.5 Å². The van der Waals surface area contributed by atoms with Crippen molar-refractivity contribution in [3.8, 4) is 0 Å². The zero-order valence-electron chi connectivity index (χ0n) is 18.5. The van der Waals surface area contributed by atoms with Gasteiger partial charge in [-0.15, -0.1) is 5.10 Å². The Morgan fingerprint density at radius 2 is 1.82 bits per heavy atom. The fourth-order valence-electron chi connectivity index (χ4n) is 2.86. The van der Waals surface area contributed by atoms with Crippen LogP contribution in [-0.4, -0.2) is 54.1 Å². The molecule has 3 aromatic rings. The van der Waals surface area contributed by atoms with Gasteiger partial charge in [0.25, 0.3) is 0 Å². The zero-order chi connectivity index (χ0) is 24.1. The summed E-state index contributed by atoms with van der Waals surface area (Å²) in [7, 11) is -3.85. The second-order valence-electron chi connectivity index (χ2n) is 8.14. The number of anilines is 1. The fraction of sp³-hybridized carbons (Fsp3) is 0.333. The molecule has 0 bridgehead atoms. The van der Waals surface area contributed by atoms with Crippen LogP contribution in [0.4, 0.5) is 10.5 Å². The van der Waals surface area contributed by atoms with Crippen LogP contribution in [0.15, 0.2) is 53.4 Å². The van der Waals surface area contributed by atoms with E-state index >= 15 is 0 Å². The minimum Gasteiger partial charge on any atom is -0.444 e. The Morgan fingerprint density at radius 1 is 1.06 bits per heavy atom. The second kappa shape index (κ2) is 9.96. The van der Waals surface area contributed by atoms with Gasteiger partial charge in [-0.1, -0.05) is 23.4 Å². The predicted octanol–water partition coefficient (Wildman–Crippen LogP) is 1.87. The molecule has 12 heteroatoms. The zero-order valence-corrected chi connectivity index (χ0v) is 19.3. The molecule has 176 valence electrons. The molecule has 0 radical (unpaired) electrons. The highest BCUT2D eigenvalue weighted by Gasteiger charge is 2.17. The smallest absolute Gasteiger partial charge is 0.407 e. The van der Waals surface area contributed by atoms with Gasteiger partial charge >= 0.3 is 6.09 Å². The first-order valence-electron chi connectivity index (χ1n) is 10.2. The Kier molecular flexibility index (Phi) is 7.29. The molecule has 3 N–H and O–H groups in total. The summed E-state index contributed by atoms with van der Waals surface area (Å²) < 4.78 is 34.1. The first-order valence-corrected chi connectivity index (χ1v) is 11.7. The second-order valence-corrected chi connectivity index (χ2v) is 9.91. The lowest BCUT2D eigenvalue weighted by Crippen LogP contribution is -2.37. The third kappa shape index (κ3) is 6.99. The molecule has 0 unspecified atom stereocenters. The lowest BCUT2D eigenvalue weighted by atomic mass is 10.2. The molecule has 11 nitrogen and oxygen atoms in total. The van der Waals surface area contributed by atoms with Gasteiger partial charge in [0.15, 0.2) is 0 Å². The molecule has 0 aliphatic heterocycles. The monoisotopic (exact) mass is 474 g/mol. The van der Waals surface area contributed by atoms with Crippen LogP contribution in [-0.2, 0) is 26.1 Å². The predicted molar refractivity (Wildman–Crippen MR) is 122 cm³/mol. The number of hydrogen-bond donors (Lipinski definition) is 3. The molecule has 0 saturated heterocycles. The highest BCUT2D eigenvalue weighted by atomic mass is 32.2. The van der Waals surface area contributed by atoms with Gasteiger partial charge in [-0.3, -0.25) is 4.79 Å². The highest BCUT2D eigenvalue weighted by Crippen LogP contribution is 2.16. The average molecular weight is 475 g/mol. The maximum absolute atomic E-state index is 12.6. The lowest BCUT2D eigenvalue weighted by molar-refractivity contribution is -0.116. The molecule has 3 rings (SSSR count). The van der Waals surface area contributed by atoms with Crippen LogP contribution < -0.4 is 15.4 Å². The minimum absolute atomic E-state index is 0.0243. The molecular formula is C21H26N6O5S. The van der Waals surface area contributed by atoms with Crippen LogP contribution in [0.3, 0.4) is 0 Å². The number of hydrogen-bond acceptors (Lipinski definition) is 7. The Hall–Kier alpha value is -3.51. The van der Waals surface area contributed by atoms with Crippen molar-refractivity contribution in [1.29, 1.82) is 0 Å². The van der Waals surface area contributed by atoms with Crippen LogP contribution >= 0.6 is 0 Å². The van der Waals surface area contributed by atoms with Gasteiger partial charge in [-0.05, 0) is 51.1 Å². The summed E-state index contributed by atoms with van der Waals surface area (Å²) in [4.78, 5) is 24.0. The number of sulfonamides is 1. The molecule has 0 saturated carbocycles. The molecule has 2 aromatic carbocycles. The van der Waals surface area contributed by atoms with Crippen molar-refractivity contribution in [2.75, 3.05) is 18.4 Å². The standard InChI is InChI=1S/C21H26N6O5S/c1-21(2,3)32-20(29)22-11-12-23-33(30,31)16-8-6-7-15(13-16)24-19(28)14-27-18-10-5-4-9-17(18)25-26-27/h4-10,13,23H,11-12,14H2,1-3H3,(H,22,29)(H,24,28). The molecular weight excluding hydrogens is 448 g/mol. The molecule has 0 aliphatic rings. The van der Waals surface area contributed by atoms with Gasteiger partial charge in [0.05, 0.1) is 10.4 Å². The number of benzene rings is 2. The summed E-state index contributed by atoms with van der Waals surface area (Å²) in [6.45, 7) is 5.14. The lowest BCUT2D eigenvalue weighted by Gasteiger charge is -2.19. The average Bonchev–Trinajstić information content (AvgIpc) is 3.13. The number of carbonyl (C=O) groups is 2. The summed E-state index contributed by atoms with van der Waals surface area (Å²) in [6.07, 6.45) is -0.633. The van der Waals surface area contributed by atoms with E-state index in [1.807, 2.05) is 12.1 Å². The number of fused-ring (bicyclic) bond motifs is 1. The normalized spacial score (nSPS) is 11.8. The van der Waals surface area contributed by atoms with Crippen molar-refractivity contribution in [2.45, 2.75) is 37.8 Å². The first-order chi connectivity index (χ1) is 15.5. The number of para-hydroxylation sites is 1. The summed E-state index contributed by atoms with van der Waals surface area (Å²) in [5, 5.41) is 13.1. The van der Waals surface area contributed by atoms with Crippen molar-refractivity contribution >= 4 is 38.7 Å². The quantitative estimate of drug-likeness (QED) is 0.423. The van der Waals surface area contributed by atoms with Crippen molar-refractivity contribution in [3.63, 3.8) is 0 Å². The number of aromatic nitrogens is 3. The Morgan fingerprint density at radius 3 is 2.58 bits per heavy atom. The maximum atomic E-state index is 12.6. The Balaban J connectivity index is 1.55. The van der Waals surface area contributed by atoms with E-state index in [0.717, 1.165) is 0 Å². The van der Waals surface area contributed by atoms with E-state index < -0.39 is 21.7 Å². The summed E-state index contributed by atoms with van der Waals surface area (Å²) in [5.41, 5.74) is 1.06. The fourth-order valence-corrected chi connectivity index (χ4v) is 3.94. The molecule has 33 heavy (non-hydrogen) atoms. The number of amides is 2. The Labute approximate surface area is 191 Å². The van der Waals surface area contributed by atoms with E-state index in [1.54, 1.807) is 39.0 Å². The van der Waals surface area contributed by atoms with Crippen molar-refractivity contribution < 1.29 is 22.7 Å². The van der Waals surface area contributed by atoms with Crippen LogP contribution in [0.1, 0.15) is 20.8 Å². The van der Waals surface area contributed by atoms with Crippen molar-refractivity contribution in [1.82, 2.24) is 25.0 Å². The summed E-state index contributed by atoms with van der Waals surface area (Å²) >= 11 is 0. The number of rotatable bonds is 8. The molecule has 0 aliphatic carbocycles. The summed E-state index contributed by atoms with van der Waals surface area (Å²) in [5.74, 6) is -0.380. The van der Waals surface area contributed by atoms with E-state index in [9.17, 15) is 18.0 Å². The van der Waals surface area contributed by atoms with E-state index in [4.69, 9.17) is 4.74 Å². The molecule has 2 amide bonds. The molecule has 0 atom stereocenters. The number of nitrogens with zero attached hydrogens (tertiary/aromatic N) is 3. The molecule has 0 fully saturated rings. The van der Waals surface area contributed by atoms with Gasteiger partial charge in [-0.25, -0.2) is 22.6 Å². The van der Waals surface area contributed by atoms with Crippen LogP contribution in [0.2, 0.25) is 0 Å². The van der Waals surface area contributed by atoms with E-state index in [2.05, 4.69) is 25.7 Å². The topological polar surface area (TPSA) is 144 Å². The van der Waals surface area contributed by atoms with Crippen LogP contribution in [0.25, 0.3) is 11.0 Å². The first kappa shape index (κ1) is 24.1. The number of ether oxygens (including phenoxy) is 1. The van der Waals surface area contributed by atoms with Gasteiger partial charge in [-0.2, -0.15) is 0 Å². The van der Waals surface area contributed by atoms with E-state index in [0.29, 0.717) is 16.7 Å². The van der Waals surface area contributed by atoms with Crippen LogP contribution in [0.5, 0.6) is 0 Å². The van der Waals surface area contributed by atoms with Gasteiger partial charge in [0.1, 0.15) is 17.7 Å². The Bertz CT molecular complexity index is 1250. The SMILES string of the molecule is CC(C)(C)OC(=O)NCCNS(=O)(=O)c1cccc(NC(=O)Cn2nnc3ccccc32)c1. The highest BCUT2D eigenvalue weighted by molar-refractivity contribution is 7.89. The number of carbonyl (C=O) groups excluding carboxylic acids is 2. The third-order valence-electron chi connectivity index (χ3n) is 4.23. The van der Waals surface area contributed by atoms with Gasteiger partial charge in [0, 0.05) is 18.8 Å². The van der Waals surface area contributed by atoms with Gasteiger partial charge in [0.2, 0.25) is 15.9 Å². The minimum atomic E-state index is -3.85. The van der Waals surface area contributed by atoms with Gasteiger partial charge < -0.3 is 15.4 Å². The number of nitrogens with one attached hydrogen (secondary N) is 3. The maximum Gasteiger partial charge on any atom is 0.407 e. The van der Waals surface area contributed by atoms with Crippen molar-refractivity contribution in [2.24, 2.45) is 0 Å². The number of alkyl carbamates (subject to hydrolysis) is 1. The largest absolute Gasteiger partial charge is 0.444 e. The van der Waals surface area contributed by atoms with Crippen LogP contribution in [0, 0.1) is 0 Å². The third-order valence-corrected chi connectivity index (χ3v) is 5.69. The van der Waals surface area contributed by atoms with E-state index in [-0.39, 0.29) is 30.4 Å². The van der Waals surface area contributed by atoms with E-state index in [1.165, 1.54) is 22.9 Å². The summed E-state index contributed by atoms with van der Waals surface area (Å²) in [6, 6.07) is 13.1.